The van der Waals surface area contributed by atoms with Crippen LogP contribution in [0.5, 0.6) is 0 Å². The molecule has 10 heavy (non-hydrogen) atoms. The molecule has 1 nitrogen and oxygen atoms in total. The Balaban J connectivity index is 1.84. The number of piperidine rings is 1. The second kappa shape index (κ2) is 1.58. The number of hydrogen-bond acceptors (Lipinski definition) is 1. The molecule has 1 N–H and O–H groups in total. The Morgan fingerprint density at radius 1 is 1.00 bits per heavy atom. The minimum Gasteiger partial charge on any atom is -0.311 e. The van der Waals surface area contributed by atoms with E-state index in [1.54, 1.807) is 12.8 Å². The van der Waals surface area contributed by atoms with E-state index in [-0.39, 0.29) is 0 Å². The van der Waals surface area contributed by atoms with Crippen LogP contribution in [0.25, 0.3) is 0 Å². The molecule has 3 rings (SSSR count). The second-order valence-corrected chi connectivity index (χ2v) is 4.55. The van der Waals surface area contributed by atoms with Gasteiger partial charge in [0.05, 0.1) is 0 Å². The predicted molar refractivity (Wildman–Crippen MR) is 40.8 cm³/mol. The van der Waals surface area contributed by atoms with Crippen LogP contribution in [0.15, 0.2) is 0 Å². The van der Waals surface area contributed by atoms with Crippen LogP contribution in [0, 0.1) is 5.41 Å². The molecule has 0 amide bonds. The van der Waals surface area contributed by atoms with Crippen LogP contribution in [0.3, 0.4) is 0 Å². The van der Waals surface area contributed by atoms with E-state index in [0.717, 1.165) is 17.5 Å². The molecule has 2 aliphatic heterocycles. The Kier molecular flexibility index (Phi) is 0.883. The molecule has 0 aromatic carbocycles. The van der Waals surface area contributed by atoms with Gasteiger partial charge in [-0.3, -0.25) is 0 Å². The van der Waals surface area contributed by atoms with Gasteiger partial charge in [-0.05, 0) is 43.9 Å². The van der Waals surface area contributed by atoms with Crippen molar-refractivity contribution < 1.29 is 0 Å². The third-order valence-corrected chi connectivity index (χ3v) is 3.65. The van der Waals surface area contributed by atoms with Crippen LogP contribution >= 0.6 is 0 Å². The van der Waals surface area contributed by atoms with E-state index in [9.17, 15) is 0 Å². The van der Waals surface area contributed by atoms with Crippen LogP contribution < -0.4 is 5.32 Å². The molecule has 3 aliphatic rings. The standard InChI is InChI=1S/C9H15N/c1-2-8-6-9(3-4-9)5-7(1)10-8/h7-8,10H,1-6H2/t7-,8-/m0/s1. The number of rotatable bonds is 0. The Bertz CT molecular complexity index is 146. The first-order valence-corrected chi connectivity index (χ1v) is 4.62. The highest BCUT2D eigenvalue weighted by Gasteiger charge is 2.50. The highest BCUT2D eigenvalue weighted by atomic mass is 15.0. The highest BCUT2D eigenvalue weighted by molar-refractivity contribution is 5.05. The smallest absolute Gasteiger partial charge is 0.00755 e. The molecule has 0 aromatic heterocycles. The summed E-state index contributed by atoms with van der Waals surface area (Å²) in [6.45, 7) is 0. The number of nitrogens with one attached hydrogen (secondary N) is 1. The maximum atomic E-state index is 3.69. The van der Waals surface area contributed by atoms with Gasteiger partial charge >= 0.3 is 0 Å². The minimum atomic E-state index is 0.872. The topological polar surface area (TPSA) is 12.0 Å². The van der Waals surface area contributed by atoms with Gasteiger partial charge in [0.1, 0.15) is 0 Å². The first-order valence-electron chi connectivity index (χ1n) is 4.62. The van der Waals surface area contributed by atoms with E-state index in [2.05, 4.69) is 5.32 Å². The minimum absolute atomic E-state index is 0.872. The van der Waals surface area contributed by atoms with Crippen LogP contribution in [-0.2, 0) is 0 Å². The van der Waals surface area contributed by atoms with Gasteiger partial charge in [-0.25, -0.2) is 0 Å². The summed E-state index contributed by atoms with van der Waals surface area (Å²) in [5, 5.41) is 3.69. The average Bonchev–Trinajstić information content (AvgIpc) is 2.56. The molecule has 3 fully saturated rings. The lowest BCUT2D eigenvalue weighted by atomic mass is 9.89. The van der Waals surface area contributed by atoms with Gasteiger partial charge in [-0.2, -0.15) is 0 Å². The number of hydrogen-bond donors (Lipinski definition) is 1. The van der Waals surface area contributed by atoms with Gasteiger partial charge in [0.2, 0.25) is 0 Å². The highest BCUT2D eigenvalue weighted by Crippen LogP contribution is 2.57. The van der Waals surface area contributed by atoms with Crippen molar-refractivity contribution in [2.75, 3.05) is 0 Å². The summed E-state index contributed by atoms with van der Waals surface area (Å²) < 4.78 is 0. The van der Waals surface area contributed by atoms with Gasteiger partial charge in [0.15, 0.2) is 0 Å². The fourth-order valence-electron chi connectivity index (χ4n) is 2.94. The normalized spacial score (nSPS) is 48.0. The monoisotopic (exact) mass is 137 g/mol. The fourth-order valence-corrected chi connectivity index (χ4v) is 2.94. The Labute approximate surface area is 62.2 Å². The molecule has 1 spiro atoms. The van der Waals surface area contributed by atoms with Crippen molar-refractivity contribution in [3.05, 3.63) is 0 Å². The average molecular weight is 137 g/mol. The number of fused-ring (bicyclic) bond motifs is 2. The Hall–Kier alpha value is -0.0400. The molecular weight excluding hydrogens is 122 g/mol. The summed E-state index contributed by atoms with van der Waals surface area (Å²) in [6.07, 6.45) is 9.02. The van der Waals surface area contributed by atoms with Crippen molar-refractivity contribution in [1.82, 2.24) is 5.32 Å². The van der Waals surface area contributed by atoms with Crippen LogP contribution in [0.2, 0.25) is 0 Å². The molecule has 56 valence electrons. The van der Waals surface area contributed by atoms with E-state index < -0.39 is 0 Å². The molecular formula is C9H15N. The van der Waals surface area contributed by atoms with Crippen molar-refractivity contribution in [1.29, 1.82) is 0 Å². The molecule has 0 radical (unpaired) electrons. The van der Waals surface area contributed by atoms with Crippen LogP contribution in [0.1, 0.15) is 38.5 Å². The molecule has 2 heterocycles. The van der Waals surface area contributed by atoms with Crippen molar-refractivity contribution in [2.24, 2.45) is 5.41 Å². The van der Waals surface area contributed by atoms with E-state index >= 15 is 0 Å². The van der Waals surface area contributed by atoms with Crippen molar-refractivity contribution >= 4 is 0 Å². The van der Waals surface area contributed by atoms with E-state index in [0.29, 0.717) is 0 Å². The van der Waals surface area contributed by atoms with E-state index in [1.807, 2.05) is 0 Å². The molecule has 1 aliphatic carbocycles. The second-order valence-electron chi connectivity index (χ2n) is 4.55. The third-order valence-electron chi connectivity index (χ3n) is 3.65. The van der Waals surface area contributed by atoms with Gasteiger partial charge in [0.25, 0.3) is 0 Å². The van der Waals surface area contributed by atoms with Crippen LogP contribution in [-0.4, -0.2) is 12.1 Å². The van der Waals surface area contributed by atoms with Crippen molar-refractivity contribution in [3.8, 4) is 0 Å². The molecule has 2 bridgehead atoms. The maximum absolute atomic E-state index is 3.69. The van der Waals surface area contributed by atoms with Gasteiger partial charge < -0.3 is 5.32 Å². The zero-order chi connectivity index (χ0) is 6.60. The largest absolute Gasteiger partial charge is 0.311 e. The fraction of sp³-hybridized carbons (Fsp3) is 1.00. The summed E-state index contributed by atoms with van der Waals surface area (Å²) in [4.78, 5) is 0. The predicted octanol–water partition coefficient (Wildman–Crippen LogP) is 1.68. The van der Waals surface area contributed by atoms with E-state index in [1.165, 1.54) is 25.7 Å². The third kappa shape index (κ3) is 0.672. The molecule has 1 heteroatoms. The molecule has 2 atom stereocenters. The Morgan fingerprint density at radius 3 is 2.10 bits per heavy atom. The summed E-state index contributed by atoms with van der Waals surface area (Å²) in [5.74, 6) is 0. The SMILES string of the molecule is C1C[C@H]2CC3(CC3)C[C@H]1N2. The zero-order valence-corrected chi connectivity index (χ0v) is 6.40. The summed E-state index contributed by atoms with van der Waals surface area (Å²) in [5.41, 5.74) is 0.872. The lowest BCUT2D eigenvalue weighted by Crippen LogP contribution is -2.38. The lowest BCUT2D eigenvalue weighted by Gasteiger charge is -2.28. The van der Waals surface area contributed by atoms with E-state index in [4.69, 9.17) is 0 Å². The maximum Gasteiger partial charge on any atom is 0.00755 e. The summed E-state index contributed by atoms with van der Waals surface area (Å²) >= 11 is 0. The van der Waals surface area contributed by atoms with Gasteiger partial charge in [0, 0.05) is 12.1 Å². The summed E-state index contributed by atoms with van der Waals surface area (Å²) in [7, 11) is 0. The summed E-state index contributed by atoms with van der Waals surface area (Å²) in [6, 6.07) is 1.84. The first kappa shape index (κ1) is 5.59. The van der Waals surface area contributed by atoms with Crippen molar-refractivity contribution in [2.45, 2.75) is 50.6 Å². The zero-order valence-electron chi connectivity index (χ0n) is 6.40. The Morgan fingerprint density at radius 2 is 1.60 bits per heavy atom. The van der Waals surface area contributed by atoms with Crippen LogP contribution in [0.4, 0.5) is 0 Å². The van der Waals surface area contributed by atoms with Gasteiger partial charge in [-0.15, -0.1) is 0 Å². The molecule has 1 saturated carbocycles. The molecule has 0 unspecified atom stereocenters. The first-order chi connectivity index (χ1) is 4.86. The van der Waals surface area contributed by atoms with Crippen molar-refractivity contribution in [3.63, 3.8) is 0 Å². The van der Waals surface area contributed by atoms with Gasteiger partial charge in [-0.1, -0.05) is 0 Å². The quantitative estimate of drug-likeness (QED) is 0.535. The molecule has 0 aromatic rings. The molecule has 2 saturated heterocycles. The lowest BCUT2D eigenvalue weighted by molar-refractivity contribution is 0.280.